The van der Waals surface area contributed by atoms with E-state index in [2.05, 4.69) is 33.6 Å². The second-order valence-electron chi connectivity index (χ2n) is 4.26. The summed E-state index contributed by atoms with van der Waals surface area (Å²) in [6.07, 6.45) is 1.61. The molecule has 17 heavy (non-hydrogen) atoms. The minimum Gasteiger partial charge on any atom is -0.358 e. The number of hydrogen-bond donors (Lipinski definition) is 1. The fraction of sp³-hybridized carbons (Fsp3) is 0.667. The first kappa shape index (κ1) is 13.7. The largest absolute Gasteiger partial charge is 0.358 e. The molecule has 0 aliphatic rings. The van der Waals surface area contributed by atoms with Crippen molar-refractivity contribution >= 4 is 11.6 Å². The highest BCUT2D eigenvalue weighted by molar-refractivity contribution is 5.49. The smallest absolute Gasteiger partial charge is 0.134 e. The summed E-state index contributed by atoms with van der Waals surface area (Å²) in [4.78, 5) is 12.8. The lowest BCUT2D eigenvalue weighted by Crippen LogP contribution is -2.33. The van der Waals surface area contributed by atoms with Crippen LogP contribution in [0.25, 0.3) is 0 Å². The molecule has 1 atom stereocenters. The van der Waals surface area contributed by atoms with Crippen LogP contribution in [0.5, 0.6) is 0 Å². The van der Waals surface area contributed by atoms with Crippen molar-refractivity contribution in [3.63, 3.8) is 0 Å². The predicted octanol–water partition coefficient (Wildman–Crippen LogP) is 1.11. The number of likely N-dealkylation sites (N-methyl/N-ethyl adjacent to an activating group) is 1. The van der Waals surface area contributed by atoms with Gasteiger partial charge in [0.05, 0.1) is 0 Å². The topological polar surface area (TPSA) is 58.3 Å². The molecule has 0 amide bonds. The van der Waals surface area contributed by atoms with Crippen LogP contribution in [0.4, 0.5) is 11.6 Å². The zero-order valence-corrected chi connectivity index (χ0v) is 11.2. The Kier molecular flexibility index (Phi) is 5.15. The van der Waals surface area contributed by atoms with Crippen molar-refractivity contribution in [2.24, 2.45) is 5.73 Å². The van der Waals surface area contributed by atoms with Gasteiger partial charge in [-0.1, -0.05) is 0 Å². The summed E-state index contributed by atoms with van der Waals surface area (Å²) in [6, 6.07) is 2.14. The highest BCUT2D eigenvalue weighted by Gasteiger charge is 2.09. The zero-order chi connectivity index (χ0) is 12.8. The molecule has 0 saturated heterocycles. The number of aromatic nitrogens is 2. The van der Waals surface area contributed by atoms with Crippen molar-refractivity contribution in [3.05, 3.63) is 12.4 Å². The second kappa shape index (κ2) is 6.39. The van der Waals surface area contributed by atoms with Crippen molar-refractivity contribution < 1.29 is 0 Å². The van der Waals surface area contributed by atoms with Crippen molar-refractivity contribution in [2.75, 3.05) is 36.5 Å². The fourth-order valence-corrected chi connectivity index (χ4v) is 1.79. The first-order valence-corrected chi connectivity index (χ1v) is 6.12. The van der Waals surface area contributed by atoms with E-state index in [0.29, 0.717) is 0 Å². The molecule has 0 aliphatic carbocycles. The Morgan fingerprint density at radius 2 is 1.82 bits per heavy atom. The van der Waals surface area contributed by atoms with Gasteiger partial charge in [-0.15, -0.1) is 0 Å². The molecular weight excluding hydrogens is 214 g/mol. The van der Waals surface area contributed by atoms with Crippen LogP contribution in [0, 0.1) is 0 Å². The van der Waals surface area contributed by atoms with Gasteiger partial charge >= 0.3 is 0 Å². The lowest BCUT2D eigenvalue weighted by Gasteiger charge is -2.23. The number of nitrogens with zero attached hydrogens (tertiary/aromatic N) is 4. The van der Waals surface area contributed by atoms with Gasteiger partial charge in [0.2, 0.25) is 0 Å². The van der Waals surface area contributed by atoms with E-state index in [0.717, 1.165) is 31.3 Å². The third kappa shape index (κ3) is 3.85. The highest BCUT2D eigenvalue weighted by Crippen LogP contribution is 2.16. The van der Waals surface area contributed by atoms with Crippen molar-refractivity contribution in [2.45, 2.75) is 26.8 Å². The Morgan fingerprint density at radius 1 is 1.24 bits per heavy atom. The van der Waals surface area contributed by atoms with Gasteiger partial charge in [0.1, 0.15) is 18.0 Å². The average molecular weight is 237 g/mol. The minimum absolute atomic E-state index is 0.131. The molecule has 0 saturated carbocycles. The van der Waals surface area contributed by atoms with Crippen LogP contribution >= 0.6 is 0 Å². The molecule has 1 aromatic rings. The van der Waals surface area contributed by atoms with Gasteiger partial charge in [0.25, 0.3) is 0 Å². The molecule has 0 radical (unpaired) electrons. The third-order valence-corrected chi connectivity index (χ3v) is 2.68. The molecule has 0 spiro atoms. The van der Waals surface area contributed by atoms with E-state index in [1.165, 1.54) is 0 Å². The van der Waals surface area contributed by atoms with Crippen molar-refractivity contribution in [3.8, 4) is 0 Å². The Morgan fingerprint density at radius 3 is 2.35 bits per heavy atom. The molecule has 0 bridgehead atoms. The standard InChI is InChI=1S/C12H23N5/c1-5-17(6-2)12-7-11(14-9-15-12)16(4)8-10(3)13/h7,9-10H,5-6,8,13H2,1-4H3. The number of anilines is 2. The molecule has 0 aliphatic heterocycles. The van der Waals surface area contributed by atoms with Gasteiger partial charge in [-0.3, -0.25) is 0 Å². The lowest BCUT2D eigenvalue weighted by molar-refractivity contribution is 0.710. The molecule has 5 heteroatoms. The molecule has 0 aromatic carbocycles. The van der Waals surface area contributed by atoms with Gasteiger partial charge in [-0.2, -0.15) is 0 Å². The van der Waals surface area contributed by atoms with E-state index in [1.807, 2.05) is 20.0 Å². The summed E-state index contributed by atoms with van der Waals surface area (Å²) in [7, 11) is 2.00. The number of hydrogen-bond acceptors (Lipinski definition) is 5. The normalized spacial score (nSPS) is 12.3. The van der Waals surface area contributed by atoms with Crippen LogP contribution in [-0.4, -0.2) is 42.7 Å². The molecule has 5 nitrogen and oxygen atoms in total. The van der Waals surface area contributed by atoms with Crippen LogP contribution in [0.1, 0.15) is 20.8 Å². The Labute approximate surface area is 104 Å². The predicted molar refractivity (Wildman–Crippen MR) is 72.5 cm³/mol. The maximum atomic E-state index is 5.79. The molecule has 1 heterocycles. The Hall–Kier alpha value is -1.36. The monoisotopic (exact) mass is 237 g/mol. The van der Waals surface area contributed by atoms with Crippen LogP contribution in [0.3, 0.4) is 0 Å². The quantitative estimate of drug-likeness (QED) is 0.803. The molecular formula is C12H23N5. The van der Waals surface area contributed by atoms with Crippen LogP contribution < -0.4 is 15.5 Å². The molecule has 96 valence electrons. The maximum Gasteiger partial charge on any atom is 0.134 e. The van der Waals surface area contributed by atoms with Crippen LogP contribution in [0.2, 0.25) is 0 Å². The Balaban J connectivity index is 2.84. The maximum absolute atomic E-state index is 5.79. The number of rotatable bonds is 6. The van der Waals surface area contributed by atoms with Gasteiger partial charge in [-0.25, -0.2) is 9.97 Å². The van der Waals surface area contributed by atoms with Crippen LogP contribution in [0.15, 0.2) is 12.4 Å². The van der Waals surface area contributed by atoms with Gasteiger partial charge in [-0.05, 0) is 20.8 Å². The second-order valence-corrected chi connectivity index (χ2v) is 4.26. The molecule has 2 N–H and O–H groups in total. The highest BCUT2D eigenvalue weighted by atomic mass is 15.2. The fourth-order valence-electron chi connectivity index (χ4n) is 1.79. The SMILES string of the molecule is CCN(CC)c1cc(N(C)CC(C)N)ncn1. The molecule has 1 aromatic heterocycles. The number of nitrogens with two attached hydrogens (primary N) is 1. The average Bonchev–Trinajstić information content (AvgIpc) is 2.30. The minimum atomic E-state index is 0.131. The van der Waals surface area contributed by atoms with E-state index in [1.54, 1.807) is 6.33 Å². The summed E-state index contributed by atoms with van der Waals surface area (Å²) in [5, 5.41) is 0. The summed E-state index contributed by atoms with van der Waals surface area (Å²) < 4.78 is 0. The van der Waals surface area contributed by atoms with Gasteiger partial charge in [0.15, 0.2) is 0 Å². The van der Waals surface area contributed by atoms with Crippen molar-refractivity contribution in [1.82, 2.24) is 9.97 Å². The lowest BCUT2D eigenvalue weighted by atomic mass is 10.3. The van der Waals surface area contributed by atoms with Gasteiger partial charge in [0, 0.05) is 38.8 Å². The van der Waals surface area contributed by atoms with E-state index >= 15 is 0 Å². The summed E-state index contributed by atoms with van der Waals surface area (Å²) in [6.45, 7) is 8.92. The zero-order valence-electron chi connectivity index (χ0n) is 11.2. The van der Waals surface area contributed by atoms with Crippen molar-refractivity contribution in [1.29, 1.82) is 0 Å². The third-order valence-electron chi connectivity index (χ3n) is 2.68. The molecule has 0 fully saturated rings. The molecule has 1 rings (SSSR count). The Bertz CT molecular complexity index is 335. The van der Waals surface area contributed by atoms with E-state index in [-0.39, 0.29) is 6.04 Å². The van der Waals surface area contributed by atoms with Crippen LogP contribution in [-0.2, 0) is 0 Å². The van der Waals surface area contributed by atoms with E-state index in [9.17, 15) is 0 Å². The van der Waals surface area contributed by atoms with E-state index in [4.69, 9.17) is 5.73 Å². The first-order valence-electron chi connectivity index (χ1n) is 6.12. The van der Waals surface area contributed by atoms with Gasteiger partial charge < -0.3 is 15.5 Å². The summed E-state index contributed by atoms with van der Waals surface area (Å²) in [5.74, 6) is 1.88. The summed E-state index contributed by atoms with van der Waals surface area (Å²) >= 11 is 0. The van der Waals surface area contributed by atoms with E-state index < -0.39 is 0 Å². The first-order chi connectivity index (χ1) is 8.08. The molecule has 1 unspecified atom stereocenters. The summed E-state index contributed by atoms with van der Waals surface area (Å²) in [5.41, 5.74) is 5.79.